The van der Waals surface area contributed by atoms with Crippen LogP contribution in [0.5, 0.6) is 0 Å². The van der Waals surface area contributed by atoms with E-state index in [9.17, 15) is 4.57 Å². The molecule has 0 spiro atoms. The van der Waals surface area contributed by atoms with Gasteiger partial charge < -0.3 is 9.79 Å². The van der Waals surface area contributed by atoms with E-state index in [1.54, 1.807) is 13.8 Å². The van der Waals surface area contributed by atoms with Crippen LogP contribution in [0.4, 0.5) is 0 Å². The molecule has 9 heavy (non-hydrogen) atoms. The molecule has 0 aliphatic rings. The van der Waals surface area contributed by atoms with E-state index in [1.165, 1.54) is 0 Å². The van der Waals surface area contributed by atoms with Gasteiger partial charge in [0.1, 0.15) is 0 Å². The summed E-state index contributed by atoms with van der Waals surface area (Å²) >= 11 is 0. The SMILES string of the molecule is CCC(C)P(=O)(O)O.[NaH]. The van der Waals surface area contributed by atoms with Crippen molar-refractivity contribution in [3.8, 4) is 0 Å². The number of hydrogen-bond acceptors (Lipinski definition) is 1. The van der Waals surface area contributed by atoms with Crippen LogP contribution in [0.2, 0.25) is 0 Å². The molecule has 5 heteroatoms. The minimum atomic E-state index is -3.76. The van der Waals surface area contributed by atoms with Gasteiger partial charge in [0.15, 0.2) is 0 Å². The molecule has 0 radical (unpaired) electrons. The van der Waals surface area contributed by atoms with E-state index in [0.717, 1.165) is 0 Å². The second-order valence-corrected chi connectivity index (χ2v) is 3.91. The zero-order chi connectivity index (χ0) is 6.78. The molecule has 0 aromatic heterocycles. The van der Waals surface area contributed by atoms with Crippen LogP contribution in [0.15, 0.2) is 0 Å². The second kappa shape index (κ2) is 4.89. The Morgan fingerprint density at radius 3 is 1.89 bits per heavy atom. The van der Waals surface area contributed by atoms with E-state index in [-0.39, 0.29) is 29.6 Å². The van der Waals surface area contributed by atoms with E-state index in [4.69, 9.17) is 9.79 Å². The van der Waals surface area contributed by atoms with Gasteiger partial charge in [-0.15, -0.1) is 0 Å². The van der Waals surface area contributed by atoms with E-state index in [1.807, 2.05) is 0 Å². The third kappa shape index (κ3) is 5.59. The molecule has 0 aliphatic carbocycles. The van der Waals surface area contributed by atoms with Crippen molar-refractivity contribution in [2.75, 3.05) is 0 Å². The maximum atomic E-state index is 10.3. The molecular formula is C4H12NaO3P. The second-order valence-electron chi connectivity index (χ2n) is 1.85. The number of rotatable bonds is 2. The van der Waals surface area contributed by atoms with Crippen LogP contribution in [-0.2, 0) is 4.57 Å². The van der Waals surface area contributed by atoms with Crippen LogP contribution >= 0.6 is 7.60 Å². The van der Waals surface area contributed by atoms with Crippen molar-refractivity contribution in [3.63, 3.8) is 0 Å². The zero-order valence-electron chi connectivity index (χ0n) is 5.03. The third-order valence-electron chi connectivity index (χ3n) is 1.17. The molecule has 0 bridgehead atoms. The van der Waals surface area contributed by atoms with Gasteiger partial charge >= 0.3 is 37.2 Å². The quantitative estimate of drug-likeness (QED) is 0.454. The predicted molar refractivity (Wildman–Crippen MR) is 38.9 cm³/mol. The van der Waals surface area contributed by atoms with Crippen LogP contribution in [-0.4, -0.2) is 45.0 Å². The van der Waals surface area contributed by atoms with Gasteiger partial charge in [-0.3, -0.25) is 4.57 Å². The number of hydrogen-bond donors (Lipinski definition) is 2. The van der Waals surface area contributed by atoms with Gasteiger partial charge in [0.05, 0.1) is 5.66 Å². The first-order valence-corrected chi connectivity index (χ1v) is 4.22. The van der Waals surface area contributed by atoms with Gasteiger partial charge in [-0.25, -0.2) is 0 Å². The molecule has 0 aromatic rings. The van der Waals surface area contributed by atoms with Crippen molar-refractivity contribution < 1.29 is 14.4 Å². The summed E-state index contributed by atoms with van der Waals surface area (Å²) in [6.07, 6.45) is 0.532. The first kappa shape index (κ1) is 12.8. The normalized spacial score (nSPS) is 14.2. The van der Waals surface area contributed by atoms with Crippen molar-refractivity contribution in [2.24, 2.45) is 0 Å². The van der Waals surface area contributed by atoms with E-state index in [2.05, 4.69) is 0 Å². The van der Waals surface area contributed by atoms with Gasteiger partial charge in [-0.2, -0.15) is 0 Å². The summed E-state index contributed by atoms with van der Waals surface area (Å²) in [6, 6.07) is 0. The minimum absolute atomic E-state index is 0. The summed E-state index contributed by atoms with van der Waals surface area (Å²) in [5, 5.41) is 0. The molecule has 0 fully saturated rings. The molecule has 1 unspecified atom stereocenters. The van der Waals surface area contributed by atoms with Crippen molar-refractivity contribution in [1.82, 2.24) is 0 Å². The molecule has 0 saturated carbocycles. The molecule has 0 aromatic carbocycles. The van der Waals surface area contributed by atoms with E-state index < -0.39 is 13.3 Å². The molecule has 3 nitrogen and oxygen atoms in total. The Morgan fingerprint density at radius 1 is 1.56 bits per heavy atom. The van der Waals surface area contributed by atoms with Gasteiger partial charge in [-0.1, -0.05) is 13.8 Å². The van der Waals surface area contributed by atoms with E-state index >= 15 is 0 Å². The Balaban J connectivity index is 0. The Bertz CT molecular complexity index is 110. The Labute approximate surface area is 77.3 Å². The van der Waals surface area contributed by atoms with Crippen molar-refractivity contribution in [3.05, 3.63) is 0 Å². The summed E-state index contributed by atoms with van der Waals surface area (Å²) in [5.74, 6) is 0. The van der Waals surface area contributed by atoms with Crippen molar-refractivity contribution in [2.45, 2.75) is 25.9 Å². The summed E-state index contributed by atoms with van der Waals surface area (Å²) in [4.78, 5) is 16.8. The standard InChI is InChI=1S/C4H11O3P.Na.H/c1-3-4(2)8(5,6)7;;/h4H,3H2,1-2H3,(H2,5,6,7);;. The average molecular weight is 162 g/mol. The molecule has 0 rings (SSSR count). The molecule has 0 amide bonds. The van der Waals surface area contributed by atoms with Crippen molar-refractivity contribution >= 4 is 37.2 Å². The molecule has 0 heterocycles. The zero-order valence-corrected chi connectivity index (χ0v) is 5.93. The predicted octanol–water partition coefficient (Wildman–Crippen LogP) is 0.314. The van der Waals surface area contributed by atoms with Crippen LogP contribution in [0.25, 0.3) is 0 Å². The van der Waals surface area contributed by atoms with Crippen LogP contribution in [0.1, 0.15) is 20.3 Å². The van der Waals surface area contributed by atoms with Gasteiger partial charge in [-0.05, 0) is 6.42 Å². The Morgan fingerprint density at radius 2 is 1.89 bits per heavy atom. The molecule has 0 aliphatic heterocycles. The first-order valence-electron chi connectivity index (χ1n) is 2.53. The van der Waals surface area contributed by atoms with E-state index in [0.29, 0.717) is 6.42 Å². The fraction of sp³-hybridized carbons (Fsp3) is 1.00. The molecular weight excluding hydrogens is 150 g/mol. The summed E-state index contributed by atoms with van der Waals surface area (Å²) in [7, 11) is -3.76. The van der Waals surface area contributed by atoms with Gasteiger partial charge in [0, 0.05) is 0 Å². The topological polar surface area (TPSA) is 57.5 Å². The third-order valence-corrected chi connectivity index (χ3v) is 2.68. The van der Waals surface area contributed by atoms with Crippen LogP contribution in [0.3, 0.4) is 0 Å². The monoisotopic (exact) mass is 162 g/mol. The summed E-state index contributed by atoms with van der Waals surface area (Å²) < 4.78 is 10.3. The molecule has 0 saturated heterocycles. The van der Waals surface area contributed by atoms with Gasteiger partial charge in [0.2, 0.25) is 0 Å². The van der Waals surface area contributed by atoms with Crippen LogP contribution in [0, 0.1) is 0 Å². The summed E-state index contributed by atoms with van der Waals surface area (Å²) in [5.41, 5.74) is -0.484. The fourth-order valence-electron chi connectivity index (χ4n) is 0.238. The molecule has 52 valence electrons. The summed E-state index contributed by atoms with van der Waals surface area (Å²) in [6.45, 7) is 3.30. The van der Waals surface area contributed by atoms with Crippen molar-refractivity contribution in [1.29, 1.82) is 0 Å². The Kier molecular flexibility index (Phi) is 6.95. The first-order chi connectivity index (χ1) is 3.48. The fourth-order valence-corrected chi connectivity index (χ4v) is 0.714. The molecule has 2 N–H and O–H groups in total. The molecule has 1 atom stereocenters. The Hall–Kier alpha value is 1.15. The van der Waals surface area contributed by atoms with Crippen LogP contribution < -0.4 is 0 Å². The average Bonchev–Trinajstić information content (AvgIpc) is 1.62. The maximum absolute atomic E-state index is 10.3. The van der Waals surface area contributed by atoms with Gasteiger partial charge in [0.25, 0.3) is 0 Å².